The molecule has 1 aliphatic rings. The molecule has 1 heteroatoms. The molecule has 1 nitrogen and oxygen atoms in total. The van der Waals surface area contributed by atoms with Gasteiger partial charge >= 0.3 is 0 Å². The first-order valence-corrected chi connectivity index (χ1v) is 3.38. The summed E-state index contributed by atoms with van der Waals surface area (Å²) in [7, 11) is 0. The van der Waals surface area contributed by atoms with Gasteiger partial charge in [-0.15, -0.1) is 0 Å². The van der Waals surface area contributed by atoms with Gasteiger partial charge in [0, 0.05) is 13.2 Å². The number of hydrogen-bond acceptors (Lipinski definition) is 1. The van der Waals surface area contributed by atoms with Crippen LogP contribution in [0.3, 0.4) is 0 Å². The molecule has 0 saturated carbocycles. The first kappa shape index (κ1) is 6.09. The SMILES string of the molecule is CC1CCOC[C@@H]1C. The third-order valence-electron chi connectivity index (χ3n) is 2.07. The highest BCUT2D eigenvalue weighted by atomic mass is 16.5. The summed E-state index contributed by atoms with van der Waals surface area (Å²) in [5, 5.41) is 0. The summed E-state index contributed by atoms with van der Waals surface area (Å²) in [6.07, 6.45) is 1.25. The van der Waals surface area contributed by atoms with E-state index in [4.69, 9.17) is 4.74 Å². The Morgan fingerprint density at radius 2 is 2.00 bits per heavy atom. The lowest BCUT2D eigenvalue weighted by molar-refractivity contribution is 0.0303. The van der Waals surface area contributed by atoms with Crippen LogP contribution in [0.25, 0.3) is 0 Å². The summed E-state index contributed by atoms with van der Waals surface area (Å²) in [6, 6.07) is 0. The maximum absolute atomic E-state index is 5.25. The molecule has 0 aromatic carbocycles. The van der Waals surface area contributed by atoms with Gasteiger partial charge in [-0.3, -0.25) is 0 Å². The third-order valence-corrected chi connectivity index (χ3v) is 2.07. The van der Waals surface area contributed by atoms with E-state index < -0.39 is 0 Å². The predicted octanol–water partition coefficient (Wildman–Crippen LogP) is 1.68. The summed E-state index contributed by atoms with van der Waals surface area (Å²) in [4.78, 5) is 0. The largest absolute Gasteiger partial charge is 0.381 e. The van der Waals surface area contributed by atoms with Gasteiger partial charge < -0.3 is 4.74 Å². The van der Waals surface area contributed by atoms with Gasteiger partial charge in [0.25, 0.3) is 0 Å². The Labute approximate surface area is 51.0 Å². The zero-order valence-corrected chi connectivity index (χ0v) is 5.68. The van der Waals surface area contributed by atoms with Crippen LogP contribution in [0.15, 0.2) is 0 Å². The van der Waals surface area contributed by atoms with E-state index in [9.17, 15) is 0 Å². The Bertz CT molecular complexity index is 60.8. The second kappa shape index (κ2) is 2.49. The molecule has 0 aromatic rings. The minimum Gasteiger partial charge on any atom is -0.381 e. The Morgan fingerprint density at radius 1 is 1.25 bits per heavy atom. The maximum atomic E-state index is 5.25. The maximum Gasteiger partial charge on any atom is 0.0494 e. The molecule has 0 radical (unpaired) electrons. The number of hydrogen-bond donors (Lipinski definition) is 0. The van der Waals surface area contributed by atoms with Crippen LogP contribution in [0, 0.1) is 11.8 Å². The zero-order valence-electron chi connectivity index (χ0n) is 5.68. The highest BCUT2D eigenvalue weighted by Crippen LogP contribution is 2.19. The van der Waals surface area contributed by atoms with Gasteiger partial charge in [-0.05, 0) is 18.3 Å². The van der Waals surface area contributed by atoms with E-state index in [1.54, 1.807) is 0 Å². The molecule has 1 rings (SSSR count). The minimum atomic E-state index is 0.781. The van der Waals surface area contributed by atoms with E-state index in [0.29, 0.717) is 0 Å². The van der Waals surface area contributed by atoms with Gasteiger partial charge in [-0.2, -0.15) is 0 Å². The quantitative estimate of drug-likeness (QED) is 0.465. The van der Waals surface area contributed by atoms with Crippen LogP contribution in [0.1, 0.15) is 20.3 Å². The van der Waals surface area contributed by atoms with Crippen molar-refractivity contribution in [2.24, 2.45) is 11.8 Å². The van der Waals surface area contributed by atoms with Crippen molar-refractivity contribution in [1.82, 2.24) is 0 Å². The lowest BCUT2D eigenvalue weighted by Crippen LogP contribution is -2.22. The number of rotatable bonds is 0. The molecule has 0 aromatic heterocycles. The normalized spacial score (nSPS) is 39.8. The molecule has 48 valence electrons. The summed E-state index contributed by atoms with van der Waals surface area (Å²) in [6.45, 7) is 6.50. The van der Waals surface area contributed by atoms with Crippen molar-refractivity contribution < 1.29 is 4.74 Å². The van der Waals surface area contributed by atoms with Crippen LogP contribution in [0.4, 0.5) is 0 Å². The fraction of sp³-hybridized carbons (Fsp3) is 1.00. The zero-order chi connectivity index (χ0) is 5.98. The van der Waals surface area contributed by atoms with Gasteiger partial charge in [0.1, 0.15) is 0 Å². The van der Waals surface area contributed by atoms with Crippen LogP contribution < -0.4 is 0 Å². The van der Waals surface area contributed by atoms with Crippen molar-refractivity contribution in [3.05, 3.63) is 0 Å². The van der Waals surface area contributed by atoms with E-state index >= 15 is 0 Å². The first-order valence-electron chi connectivity index (χ1n) is 3.38. The Hall–Kier alpha value is -0.0400. The molecular formula is C7H14O. The molecule has 1 fully saturated rings. The Morgan fingerprint density at radius 3 is 2.38 bits per heavy atom. The van der Waals surface area contributed by atoms with Crippen molar-refractivity contribution in [3.8, 4) is 0 Å². The van der Waals surface area contributed by atoms with Crippen LogP contribution in [0.2, 0.25) is 0 Å². The molecule has 0 aliphatic carbocycles. The average molecular weight is 114 g/mol. The van der Waals surface area contributed by atoms with Crippen molar-refractivity contribution in [2.75, 3.05) is 13.2 Å². The topological polar surface area (TPSA) is 9.23 Å². The minimum absolute atomic E-state index is 0.781. The highest BCUT2D eigenvalue weighted by molar-refractivity contribution is 4.64. The Kier molecular flexibility index (Phi) is 1.90. The number of ether oxygens (including phenoxy) is 1. The van der Waals surface area contributed by atoms with Gasteiger partial charge in [0.05, 0.1) is 0 Å². The molecular weight excluding hydrogens is 100 g/mol. The molecule has 0 bridgehead atoms. The molecule has 0 N–H and O–H groups in total. The van der Waals surface area contributed by atoms with E-state index in [2.05, 4.69) is 13.8 Å². The molecule has 1 unspecified atom stereocenters. The first-order chi connectivity index (χ1) is 3.80. The summed E-state index contributed by atoms with van der Waals surface area (Å²) < 4.78 is 5.25. The monoisotopic (exact) mass is 114 g/mol. The van der Waals surface area contributed by atoms with Crippen LogP contribution >= 0.6 is 0 Å². The van der Waals surface area contributed by atoms with Crippen molar-refractivity contribution in [1.29, 1.82) is 0 Å². The summed E-state index contributed by atoms with van der Waals surface area (Å²) >= 11 is 0. The fourth-order valence-electron chi connectivity index (χ4n) is 0.987. The predicted molar refractivity (Wildman–Crippen MR) is 33.8 cm³/mol. The van der Waals surface area contributed by atoms with Gasteiger partial charge in [-0.1, -0.05) is 13.8 Å². The van der Waals surface area contributed by atoms with E-state index in [1.807, 2.05) is 0 Å². The molecule has 1 heterocycles. The third kappa shape index (κ3) is 1.22. The average Bonchev–Trinajstić information content (AvgIpc) is 1.77. The van der Waals surface area contributed by atoms with Crippen molar-refractivity contribution >= 4 is 0 Å². The van der Waals surface area contributed by atoms with E-state index in [-0.39, 0.29) is 0 Å². The molecule has 0 amide bonds. The smallest absolute Gasteiger partial charge is 0.0494 e. The van der Waals surface area contributed by atoms with Crippen LogP contribution in [-0.4, -0.2) is 13.2 Å². The van der Waals surface area contributed by atoms with Crippen LogP contribution in [0.5, 0.6) is 0 Å². The highest BCUT2D eigenvalue weighted by Gasteiger charge is 2.16. The molecule has 2 atom stereocenters. The van der Waals surface area contributed by atoms with Gasteiger partial charge in [-0.25, -0.2) is 0 Å². The molecule has 1 aliphatic heterocycles. The lowest BCUT2D eigenvalue weighted by atomic mass is 9.92. The van der Waals surface area contributed by atoms with Crippen LogP contribution in [-0.2, 0) is 4.74 Å². The van der Waals surface area contributed by atoms with Gasteiger partial charge in [0.2, 0.25) is 0 Å². The second-order valence-electron chi connectivity index (χ2n) is 2.82. The van der Waals surface area contributed by atoms with E-state index in [0.717, 1.165) is 25.0 Å². The van der Waals surface area contributed by atoms with Crippen molar-refractivity contribution in [3.63, 3.8) is 0 Å². The standard InChI is InChI=1S/C7H14O/c1-6-3-4-8-5-7(6)2/h6-7H,3-5H2,1-2H3/t6?,7-/m0/s1. The Balaban J connectivity index is 2.28. The summed E-state index contributed by atoms with van der Waals surface area (Å²) in [5.41, 5.74) is 0. The second-order valence-corrected chi connectivity index (χ2v) is 2.82. The van der Waals surface area contributed by atoms with E-state index in [1.165, 1.54) is 6.42 Å². The molecule has 1 saturated heterocycles. The fourth-order valence-corrected chi connectivity index (χ4v) is 0.987. The molecule has 0 spiro atoms. The summed E-state index contributed by atoms with van der Waals surface area (Å²) in [5.74, 6) is 1.66. The lowest BCUT2D eigenvalue weighted by Gasteiger charge is -2.24. The van der Waals surface area contributed by atoms with Crippen molar-refractivity contribution in [2.45, 2.75) is 20.3 Å². The molecule has 8 heavy (non-hydrogen) atoms. The van der Waals surface area contributed by atoms with Gasteiger partial charge in [0.15, 0.2) is 0 Å².